The predicted molar refractivity (Wildman–Crippen MR) is 196 cm³/mol. The molecule has 0 fully saturated rings. The zero-order valence-electron chi connectivity index (χ0n) is 25.0. The van der Waals surface area contributed by atoms with Gasteiger partial charge in [-0.3, -0.25) is 0 Å². The summed E-state index contributed by atoms with van der Waals surface area (Å²) in [6.07, 6.45) is 0. The van der Waals surface area contributed by atoms with Gasteiger partial charge in [-0.15, -0.1) is 0 Å². The second-order valence-electron chi connectivity index (χ2n) is 11.0. The Bertz CT molecular complexity index is 1870. The van der Waals surface area contributed by atoms with Crippen LogP contribution < -0.4 is 41.3 Å². The molecule has 0 aromatic heterocycles. The van der Waals surface area contributed by atoms with E-state index >= 15 is 0 Å². The highest BCUT2D eigenvalue weighted by molar-refractivity contribution is 7.80. The summed E-state index contributed by atoms with van der Waals surface area (Å²) in [7, 11) is -1.90. The van der Waals surface area contributed by atoms with Crippen LogP contribution in [0.5, 0.6) is 23.0 Å². The molecule has 2 nitrogen and oxygen atoms in total. The van der Waals surface area contributed by atoms with Crippen molar-refractivity contribution in [3.05, 3.63) is 182 Å². The van der Waals surface area contributed by atoms with Gasteiger partial charge >= 0.3 is 0 Å². The number of fused-ring (bicyclic) bond motifs is 5. The molecule has 220 valence electrons. The zero-order valence-corrected chi connectivity index (χ0v) is 26.8. The molecule has 2 bridgehead atoms. The minimum atomic E-state index is -0.949. The third-order valence-electron chi connectivity index (χ3n) is 8.06. The molecule has 4 heteroatoms. The highest BCUT2D eigenvalue weighted by atomic mass is 31.1. The minimum absolute atomic E-state index is 0.752. The van der Waals surface area contributed by atoms with Gasteiger partial charge in [0.25, 0.3) is 0 Å². The van der Waals surface area contributed by atoms with Crippen molar-refractivity contribution in [1.82, 2.24) is 0 Å². The normalized spacial score (nSPS) is 11.8. The fourth-order valence-corrected chi connectivity index (χ4v) is 11.1. The molecular formula is C42H30O2P2. The first-order chi connectivity index (χ1) is 22.8. The molecule has 7 aromatic carbocycles. The van der Waals surface area contributed by atoms with Gasteiger partial charge in [-0.25, -0.2) is 0 Å². The largest absolute Gasteiger partial charge is 0.457 e. The van der Waals surface area contributed by atoms with E-state index in [9.17, 15) is 0 Å². The summed E-state index contributed by atoms with van der Waals surface area (Å²) < 4.78 is 13.6. The van der Waals surface area contributed by atoms with Gasteiger partial charge in [0.05, 0.1) is 0 Å². The van der Waals surface area contributed by atoms with E-state index in [1.54, 1.807) is 0 Å². The summed E-state index contributed by atoms with van der Waals surface area (Å²) in [5.74, 6) is 3.15. The Labute approximate surface area is 272 Å². The van der Waals surface area contributed by atoms with Gasteiger partial charge < -0.3 is 9.47 Å². The molecule has 0 saturated heterocycles. The molecule has 0 N–H and O–H groups in total. The lowest BCUT2D eigenvalue weighted by Gasteiger charge is -2.28. The first-order valence-corrected chi connectivity index (χ1v) is 18.0. The fraction of sp³-hybridized carbons (Fsp3) is 0. The van der Waals surface area contributed by atoms with Crippen LogP contribution in [0.25, 0.3) is 11.1 Å². The highest BCUT2D eigenvalue weighted by Gasteiger charge is 2.30. The zero-order chi connectivity index (χ0) is 30.7. The topological polar surface area (TPSA) is 18.5 Å². The lowest BCUT2D eigenvalue weighted by atomic mass is 10.0. The number of hydrogen-bond acceptors (Lipinski definition) is 2. The standard InChI is InChI=1S/C42H30O2P2/c1-5-18-33(19-6-1)45(34-20-7-2-8-21-34)39-28-14-26-37-41(39)42-38(44-32-17-13-16-31(30-32)43-37)27-15-29-40(42)46(35-22-9-3-10-23-35)36-24-11-4-12-25-36/h1-30H. The van der Waals surface area contributed by atoms with Crippen LogP contribution in [-0.4, -0.2) is 0 Å². The van der Waals surface area contributed by atoms with Crippen LogP contribution in [0.4, 0.5) is 0 Å². The maximum absolute atomic E-state index is 6.82. The molecule has 1 aliphatic heterocycles. The molecule has 0 unspecified atom stereocenters. The summed E-state index contributed by atoms with van der Waals surface area (Å²) in [5, 5.41) is 7.59. The maximum Gasteiger partial charge on any atom is 0.136 e. The molecule has 1 aliphatic rings. The number of rotatable bonds is 6. The Balaban J connectivity index is 1.48. The van der Waals surface area contributed by atoms with Gasteiger partial charge in [0.2, 0.25) is 0 Å². The van der Waals surface area contributed by atoms with Crippen LogP contribution in [0.15, 0.2) is 182 Å². The molecule has 1 heterocycles. The van der Waals surface area contributed by atoms with Crippen molar-refractivity contribution in [3.8, 4) is 34.1 Å². The van der Waals surface area contributed by atoms with Crippen molar-refractivity contribution in [1.29, 1.82) is 0 Å². The highest BCUT2D eigenvalue weighted by Crippen LogP contribution is 2.49. The molecular weight excluding hydrogens is 598 g/mol. The Morgan fingerprint density at radius 3 is 0.978 bits per heavy atom. The Hall–Kier alpha value is -5.00. The average molecular weight is 629 g/mol. The summed E-state index contributed by atoms with van der Waals surface area (Å²) in [6, 6.07) is 64.5. The Morgan fingerprint density at radius 1 is 0.304 bits per heavy atom. The molecule has 0 aliphatic carbocycles. The first kappa shape index (κ1) is 28.5. The summed E-state index contributed by atoms with van der Waals surface area (Å²) in [6.45, 7) is 0. The minimum Gasteiger partial charge on any atom is -0.457 e. The first-order valence-electron chi connectivity index (χ1n) is 15.4. The van der Waals surface area contributed by atoms with E-state index in [0.29, 0.717) is 0 Å². The van der Waals surface area contributed by atoms with Crippen LogP contribution in [0, 0.1) is 0 Å². The third-order valence-corrected chi connectivity index (χ3v) is 13.0. The van der Waals surface area contributed by atoms with E-state index in [1.807, 2.05) is 24.3 Å². The lowest BCUT2D eigenvalue weighted by molar-refractivity contribution is 0.469. The summed E-state index contributed by atoms with van der Waals surface area (Å²) >= 11 is 0. The average Bonchev–Trinajstić information content (AvgIpc) is 3.15. The van der Waals surface area contributed by atoms with Crippen molar-refractivity contribution in [2.24, 2.45) is 0 Å². The predicted octanol–water partition coefficient (Wildman–Crippen LogP) is 8.77. The molecule has 7 aromatic rings. The van der Waals surface area contributed by atoms with Crippen molar-refractivity contribution in [2.75, 3.05) is 0 Å². The van der Waals surface area contributed by atoms with Gasteiger partial charge in [-0.2, -0.15) is 0 Å². The summed E-state index contributed by atoms with van der Waals surface area (Å²) in [5.41, 5.74) is 2.16. The van der Waals surface area contributed by atoms with Crippen molar-refractivity contribution in [3.63, 3.8) is 0 Å². The molecule has 0 radical (unpaired) electrons. The molecule has 0 saturated carbocycles. The second-order valence-corrected chi connectivity index (χ2v) is 15.4. The second kappa shape index (κ2) is 12.8. The SMILES string of the molecule is c1ccc(P(c2ccccc2)c2cccc3c2-c2c(cccc2P(c2ccccc2)c2ccccc2)Oc2cccc(c2)O3)cc1. The van der Waals surface area contributed by atoms with E-state index in [-0.39, 0.29) is 0 Å². The monoisotopic (exact) mass is 628 g/mol. The number of benzene rings is 7. The smallest absolute Gasteiger partial charge is 0.136 e. The van der Waals surface area contributed by atoms with Gasteiger partial charge in [0.1, 0.15) is 23.0 Å². The van der Waals surface area contributed by atoms with Crippen molar-refractivity contribution in [2.45, 2.75) is 0 Å². The van der Waals surface area contributed by atoms with Crippen LogP contribution >= 0.6 is 15.8 Å². The van der Waals surface area contributed by atoms with Crippen LogP contribution in [-0.2, 0) is 0 Å². The van der Waals surface area contributed by atoms with Crippen LogP contribution in [0.3, 0.4) is 0 Å². The quantitative estimate of drug-likeness (QED) is 0.172. The van der Waals surface area contributed by atoms with Gasteiger partial charge in [-0.1, -0.05) is 152 Å². The fourth-order valence-electron chi connectivity index (χ4n) is 6.10. The van der Waals surface area contributed by atoms with E-state index in [4.69, 9.17) is 9.47 Å². The Kier molecular flexibility index (Phi) is 7.91. The van der Waals surface area contributed by atoms with Gasteiger partial charge in [0, 0.05) is 17.2 Å². The van der Waals surface area contributed by atoms with Crippen molar-refractivity contribution >= 4 is 47.7 Å². The van der Waals surface area contributed by atoms with Gasteiger partial charge in [0.15, 0.2) is 0 Å². The van der Waals surface area contributed by atoms with E-state index in [2.05, 4.69) is 158 Å². The molecule has 8 rings (SSSR count). The molecule has 0 spiro atoms. The third kappa shape index (κ3) is 5.52. The van der Waals surface area contributed by atoms with E-state index in [1.165, 1.54) is 31.8 Å². The number of hydrogen-bond donors (Lipinski definition) is 0. The van der Waals surface area contributed by atoms with E-state index in [0.717, 1.165) is 34.1 Å². The molecule has 0 atom stereocenters. The van der Waals surface area contributed by atoms with Crippen LogP contribution in [0.1, 0.15) is 0 Å². The number of ether oxygens (including phenoxy) is 2. The van der Waals surface area contributed by atoms with Crippen molar-refractivity contribution < 1.29 is 9.47 Å². The summed E-state index contributed by atoms with van der Waals surface area (Å²) in [4.78, 5) is 0. The Morgan fingerprint density at radius 2 is 0.630 bits per heavy atom. The van der Waals surface area contributed by atoms with Crippen LogP contribution in [0.2, 0.25) is 0 Å². The molecule has 0 amide bonds. The molecule has 46 heavy (non-hydrogen) atoms. The lowest BCUT2D eigenvalue weighted by Crippen LogP contribution is -2.26. The maximum atomic E-state index is 6.82. The van der Waals surface area contributed by atoms with Gasteiger partial charge in [-0.05, 0) is 71.9 Å². The van der Waals surface area contributed by atoms with E-state index < -0.39 is 15.8 Å².